The second kappa shape index (κ2) is 8.32. The summed E-state index contributed by atoms with van der Waals surface area (Å²) < 4.78 is 10.4. The molecule has 0 bridgehead atoms. The van der Waals surface area contributed by atoms with Gasteiger partial charge in [-0.25, -0.2) is 0 Å². The van der Waals surface area contributed by atoms with Crippen LogP contribution in [0.25, 0.3) is 0 Å². The fraction of sp³-hybridized carbons (Fsp3) is 1.00. The lowest BCUT2D eigenvalue weighted by Gasteiger charge is -2.25. The Balaban J connectivity index is 3.84. The van der Waals surface area contributed by atoms with Gasteiger partial charge in [-0.3, -0.25) is 0 Å². The lowest BCUT2D eigenvalue weighted by atomic mass is 10.1. The van der Waals surface area contributed by atoms with Crippen LogP contribution < -0.4 is 0 Å². The van der Waals surface area contributed by atoms with Crippen LogP contribution in [-0.2, 0) is 9.47 Å². The van der Waals surface area contributed by atoms with E-state index < -0.39 is 31.2 Å². The zero-order valence-corrected chi connectivity index (χ0v) is 9.93. The topological polar surface area (TPSA) is 79.2 Å². The molecule has 0 aliphatic rings. The summed E-state index contributed by atoms with van der Waals surface area (Å²) in [5.74, 6) is 0.587. The van der Waals surface area contributed by atoms with Gasteiger partial charge in [-0.05, 0) is 13.8 Å². The zero-order valence-electron chi connectivity index (χ0n) is 9.04. The van der Waals surface area contributed by atoms with Crippen molar-refractivity contribution in [1.29, 1.82) is 0 Å². The highest BCUT2D eigenvalue weighted by Gasteiger charge is 2.24. The van der Waals surface area contributed by atoms with Crippen LogP contribution in [0.15, 0.2) is 0 Å². The van der Waals surface area contributed by atoms with Crippen molar-refractivity contribution in [1.82, 2.24) is 0 Å². The van der Waals surface area contributed by atoms with Crippen molar-refractivity contribution >= 4 is 12.6 Å². The minimum absolute atomic E-state index is 0.454. The summed E-state index contributed by atoms with van der Waals surface area (Å²) in [7, 11) is 0. The minimum atomic E-state index is -1.20. The van der Waals surface area contributed by atoms with E-state index in [-0.39, 0.29) is 0 Å². The molecule has 3 N–H and O–H groups in total. The highest BCUT2D eigenvalue weighted by molar-refractivity contribution is 7.80. The molecule has 4 atom stereocenters. The maximum Gasteiger partial charge on any atom is 0.155 e. The highest BCUT2D eigenvalue weighted by atomic mass is 32.1. The molecule has 0 saturated heterocycles. The van der Waals surface area contributed by atoms with E-state index in [1.807, 2.05) is 0 Å². The van der Waals surface area contributed by atoms with E-state index in [4.69, 9.17) is 19.7 Å². The van der Waals surface area contributed by atoms with Gasteiger partial charge in [0.1, 0.15) is 12.2 Å². The molecule has 15 heavy (non-hydrogen) atoms. The molecule has 1 unspecified atom stereocenters. The number of thiol groups is 1. The molecule has 0 heterocycles. The summed E-state index contributed by atoms with van der Waals surface area (Å²) in [5, 5.41) is 27.2. The van der Waals surface area contributed by atoms with Crippen molar-refractivity contribution in [3.8, 4) is 0 Å². The third-order valence-electron chi connectivity index (χ3n) is 1.91. The van der Waals surface area contributed by atoms with Crippen LogP contribution in [0.3, 0.4) is 0 Å². The Morgan fingerprint density at radius 3 is 2.33 bits per heavy atom. The van der Waals surface area contributed by atoms with Gasteiger partial charge in [-0.15, -0.1) is 0 Å². The molecular weight excluding hydrogens is 220 g/mol. The predicted octanol–water partition coefficient (Wildman–Crippen LogP) is -0.602. The summed E-state index contributed by atoms with van der Waals surface area (Å²) in [6.45, 7) is 3.25. The average Bonchev–Trinajstić information content (AvgIpc) is 2.23. The molecule has 0 aliphatic heterocycles. The number of ether oxygens (including phenoxy) is 2. The number of aliphatic hydroxyl groups is 3. The van der Waals surface area contributed by atoms with E-state index in [2.05, 4.69) is 12.6 Å². The largest absolute Gasteiger partial charge is 0.394 e. The van der Waals surface area contributed by atoms with Gasteiger partial charge in [0.2, 0.25) is 0 Å². The zero-order chi connectivity index (χ0) is 11.8. The van der Waals surface area contributed by atoms with Crippen LogP contribution in [-0.4, -0.2) is 58.9 Å². The predicted molar refractivity (Wildman–Crippen MR) is 58.9 cm³/mol. The van der Waals surface area contributed by atoms with Crippen molar-refractivity contribution in [3.05, 3.63) is 0 Å². The highest BCUT2D eigenvalue weighted by Crippen LogP contribution is 2.07. The summed E-state index contributed by atoms with van der Waals surface area (Å²) in [6.07, 6.45) is -3.41. The first kappa shape index (κ1) is 15.2. The lowest BCUT2D eigenvalue weighted by molar-refractivity contribution is -0.190. The normalized spacial score (nSPS) is 19.6. The summed E-state index contributed by atoms with van der Waals surface area (Å²) in [4.78, 5) is 0. The molecule has 0 saturated carbocycles. The Bertz CT molecular complexity index is 157. The molecule has 0 amide bonds. The van der Waals surface area contributed by atoms with Gasteiger partial charge in [0, 0.05) is 5.75 Å². The molecule has 92 valence electrons. The molecule has 5 nitrogen and oxygen atoms in total. The van der Waals surface area contributed by atoms with Crippen molar-refractivity contribution in [2.75, 3.05) is 19.0 Å². The number of hydrogen-bond donors (Lipinski definition) is 4. The maximum absolute atomic E-state index is 9.45. The van der Waals surface area contributed by atoms with E-state index in [1.165, 1.54) is 0 Å². The molecule has 0 spiro atoms. The second-order valence-corrected chi connectivity index (χ2v) is 3.69. The smallest absolute Gasteiger partial charge is 0.155 e. The molecule has 6 heteroatoms. The third-order valence-corrected chi connectivity index (χ3v) is 2.09. The van der Waals surface area contributed by atoms with Gasteiger partial charge in [0.25, 0.3) is 0 Å². The molecular formula is C9H20O5S. The summed E-state index contributed by atoms with van der Waals surface area (Å²) in [5.41, 5.74) is 0. The van der Waals surface area contributed by atoms with Crippen LogP contribution in [0.4, 0.5) is 0 Å². The lowest BCUT2D eigenvalue weighted by Crippen LogP contribution is -2.41. The molecule has 0 aliphatic carbocycles. The van der Waals surface area contributed by atoms with E-state index in [0.717, 1.165) is 0 Å². The van der Waals surface area contributed by atoms with Crippen molar-refractivity contribution in [2.24, 2.45) is 0 Å². The molecule has 0 fully saturated rings. The van der Waals surface area contributed by atoms with E-state index in [0.29, 0.717) is 12.4 Å². The Morgan fingerprint density at radius 1 is 1.27 bits per heavy atom. The average molecular weight is 240 g/mol. The number of hydrogen-bond acceptors (Lipinski definition) is 6. The van der Waals surface area contributed by atoms with Gasteiger partial charge in [0.05, 0.1) is 19.3 Å². The van der Waals surface area contributed by atoms with Gasteiger partial charge in [-0.2, -0.15) is 12.6 Å². The van der Waals surface area contributed by atoms with E-state index in [1.54, 1.807) is 13.8 Å². The van der Waals surface area contributed by atoms with Crippen LogP contribution >= 0.6 is 12.6 Å². The monoisotopic (exact) mass is 240 g/mol. The van der Waals surface area contributed by atoms with Gasteiger partial charge in [0.15, 0.2) is 6.29 Å². The molecule has 0 radical (unpaired) electrons. The van der Waals surface area contributed by atoms with E-state index >= 15 is 0 Å². The van der Waals surface area contributed by atoms with Crippen LogP contribution in [0.5, 0.6) is 0 Å². The van der Waals surface area contributed by atoms with Crippen molar-refractivity contribution < 1.29 is 24.8 Å². The first-order valence-corrected chi connectivity index (χ1v) is 5.51. The molecule has 0 aromatic carbocycles. The van der Waals surface area contributed by atoms with Crippen molar-refractivity contribution in [2.45, 2.75) is 38.4 Å². The molecule has 0 aromatic rings. The summed E-state index contributed by atoms with van der Waals surface area (Å²) in [6, 6.07) is 0. The Morgan fingerprint density at radius 2 is 1.87 bits per heavy atom. The maximum atomic E-state index is 9.45. The SMILES string of the molecule is CC(O[C@H](C)OCCS)[C@@H](O)[C@H](O)CO. The molecule has 0 aromatic heterocycles. The van der Waals surface area contributed by atoms with Crippen molar-refractivity contribution in [3.63, 3.8) is 0 Å². The Labute approximate surface area is 95.4 Å². The molecule has 0 rings (SSSR count). The first-order chi connectivity index (χ1) is 7.02. The van der Waals surface area contributed by atoms with Gasteiger partial charge < -0.3 is 24.8 Å². The fourth-order valence-corrected chi connectivity index (χ4v) is 1.17. The third kappa shape index (κ3) is 6.34. The van der Waals surface area contributed by atoms with Gasteiger partial charge in [-0.1, -0.05) is 0 Å². The quantitative estimate of drug-likeness (QED) is 0.336. The van der Waals surface area contributed by atoms with E-state index in [9.17, 15) is 5.11 Å². The Kier molecular flexibility index (Phi) is 8.40. The van der Waals surface area contributed by atoms with Crippen LogP contribution in [0.2, 0.25) is 0 Å². The first-order valence-electron chi connectivity index (χ1n) is 4.87. The standard InChI is InChI=1S/C9H20O5S/c1-6(9(12)8(11)5-10)14-7(2)13-3-4-15/h6-12,15H,3-5H2,1-2H3/t6?,7-,8-,9-/m1/s1. The summed E-state index contributed by atoms with van der Waals surface area (Å²) >= 11 is 3.97. The second-order valence-electron chi connectivity index (χ2n) is 3.24. The minimum Gasteiger partial charge on any atom is -0.394 e. The number of rotatable bonds is 8. The van der Waals surface area contributed by atoms with Gasteiger partial charge >= 0.3 is 0 Å². The van der Waals surface area contributed by atoms with Crippen LogP contribution in [0.1, 0.15) is 13.8 Å². The van der Waals surface area contributed by atoms with Crippen LogP contribution in [0, 0.1) is 0 Å². The fourth-order valence-electron chi connectivity index (χ4n) is 1.06. The number of aliphatic hydroxyl groups excluding tert-OH is 3. The Hall–Kier alpha value is 0.150.